The fourth-order valence-corrected chi connectivity index (χ4v) is 0.667. The van der Waals surface area contributed by atoms with Gasteiger partial charge in [0.15, 0.2) is 0 Å². The summed E-state index contributed by atoms with van der Waals surface area (Å²) in [4.78, 5) is 15.8. The molecule has 0 saturated heterocycles. The zero-order valence-corrected chi connectivity index (χ0v) is 8.14. The summed E-state index contributed by atoms with van der Waals surface area (Å²) in [7, 11) is 0. The zero-order valence-electron chi connectivity index (χ0n) is 8.14. The Morgan fingerprint density at radius 2 is 2.23 bits per heavy atom. The second-order valence-corrected chi connectivity index (χ2v) is 2.84. The normalized spacial score (nSPS) is 9.31. The summed E-state index contributed by atoms with van der Waals surface area (Å²) in [6.45, 7) is 9.26. The van der Waals surface area contributed by atoms with E-state index in [0.717, 1.165) is 19.3 Å². The van der Waals surface area contributed by atoms with Crippen LogP contribution in [-0.4, -0.2) is 12.5 Å². The monoisotopic (exact) mass is 183 g/mol. The molecule has 0 saturated carbocycles. The van der Waals surface area contributed by atoms with Crippen LogP contribution >= 0.6 is 0 Å². The van der Waals surface area contributed by atoms with Crippen molar-refractivity contribution in [2.75, 3.05) is 6.61 Å². The maximum atomic E-state index is 10.9. The molecule has 0 aromatic rings. The average Bonchev–Trinajstić information content (AvgIpc) is 2.10. The molecule has 0 aromatic heterocycles. The SMILES string of the molecule is C=CCCCCONC(=O)C(=C)C. The van der Waals surface area contributed by atoms with E-state index in [1.165, 1.54) is 0 Å². The lowest BCUT2D eigenvalue weighted by molar-refractivity contribution is -0.129. The molecule has 3 heteroatoms. The number of rotatable bonds is 7. The van der Waals surface area contributed by atoms with E-state index in [4.69, 9.17) is 4.84 Å². The Morgan fingerprint density at radius 1 is 1.54 bits per heavy atom. The van der Waals surface area contributed by atoms with Crippen LogP contribution in [0.15, 0.2) is 24.8 Å². The Labute approximate surface area is 79.4 Å². The first-order valence-electron chi connectivity index (χ1n) is 4.37. The maximum Gasteiger partial charge on any atom is 0.269 e. The third kappa shape index (κ3) is 7.28. The number of hydrogen-bond donors (Lipinski definition) is 1. The fraction of sp³-hybridized carbons (Fsp3) is 0.500. The third-order valence-electron chi connectivity index (χ3n) is 1.46. The minimum absolute atomic E-state index is 0.260. The van der Waals surface area contributed by atoms with Crippen LogP contribution in [0.2, 0.25) is 0 Å². The van der Waals surface area contributed by atoms with E-state index in [1.54, 1.807) is 6.92 Å². The molecule has 0 rings (SSSR count). The Kier molecular flexibility index (Phi) is 6.92. The highest BCUT2D eigenvalue weighted by molar-refractivity contribution is 5.91. The quantitative estimate of drug-likeness (QED) is 0.283. The van der Waals surface area contributed by atoms with Gasteiger partial charge in [-0.05, 0) is 26.2 Å². The van der Waals surface area contributed by atoms with Crippen molar-refractivity contribution in [2.24, 2.45) is 0 Å². The summed E-state index contributed by atoms with van der Waals surface area (Å²) >= 11 is 0. The molecule has 0 unspecified atom stereocenters. The van der Waals surface area contributed by atoms with Crippen molar-refractivity contribution in [1.29, 1.82) is 0 Å². The van der Waals surface area contributed by atoms with Gasteiger partial charge in [0.05, 0.1) is 6.61 Å². The van der Waals surface area contributed by atoms with E-state index < -0.39 is 0 Å². The van der Waals surface area contributed by atoms with Gasteiger partial charge in [-0.3, -0.25) is 9.63 Å². The van der Waals surface area contributed by atoms with Crippen molar-refractivity contribution < 1.29 is 9.63 Å². The lowest BCUT2D eigenvalue weighted by Crippen LogP contribution is -2.24. The number of nitrogens with one attached hydrogen (secondary N) is 1. The van der Waals surface area contributed by atoms with E-state index in [2.05, 4.69) is 18.6 Å². The van der Waals surface area contributed by atoms with Gasteiger partial charge in [-0.25, -0.2) is 5.48 Å². The molecule has 0 spiro atoms. The topological polar surface area (TPSA) is 38.3 Å². The number of carbonyl (C=O) groups is 1. The summed E-state index contributed by atoms with van der Waals surface area (Å²) in [6.07, 6.45) is 4.80. The molecule has 0 aliphatic heterocycles. The Bertz CT molecular complexity index is 187. The predicted octanol–water partition coefficient (Wildman–Crippen LogP) is 1.97. The van der Waals surface area contributed by atoms with Crippen LogP contribution in [0, 0.1) is 0 Å². The number of hydrogen-bond acceptors (Lipinski definition) is 2. The van der Waals surface area contributed by atoms with Crippen LogP contribution in [-0.2, 0) is 9.63 Å². The van der Waals surface area contributed by atoms with Crippen molar-refractivity contribution >= 4 is 5.91 Å². The standard InChI is InChI=1S/C10H17NO2/c1-4-5-6-7-8-13-11-10(12)9(2)3/h4H,1-2,5-8H2,3H3,(H,11,12). The second kappa shape index (κ2) is 7.55. The van der Waals surface area contributed by atoms with Crippen molar-refractivity contribution in [3.8, 4) is 0 Å². The Hall–Kier alpha value is -1.09. The van der Waals surface area contributed by atoms with Crippen LogP contribution in [0.5, 0.6) is 0 Å². The molecule has 0 radical (unpaired) electrons. The van der Waals surface area contributed by atoms with Gasteiger partial charge in [-0.15, -0.1) is 6.58 Å². The molecule has 0 atom stereocenters. The lowest BCUT2D eigenvalue weighted by Gasteiger charge is -2.04. The van der Waals surface area contributed by atoms with Crippen LogP contribution in [0.4, 0.5) is 0 Å². The van der Waals surface area contributed by atoms with Gasteiger partial charge < -0.3 is 0 Å². The number of allylic oxidation sites excluding steroid dienone is 1. The molecule has 1 N–H and O–H groups in total. The molecule has 1 amide bonds. The molecule has 13 heavy (non-hydrogen) atoms. The maximum absolute atomic E-state index is 10.9. The van der Waals surface area contributed by atoms with Gasteiger partial charge >= 0.3 is 0 Å². The summed E-state index contributed by atoms with van der Waals surface area (Å²) in [6, 6.07) is 0. The highest BCUT2D eigenvalue weighted by atomic mass is 16.6. The van der Waals surface area contributed by atoms with E-state index in [1.807, 2.05) is 6.08 Å². The van der Waals surface area contributed by atoms with Crippen LogP contribution < -0.4 is 5.48 Å². The largest absolute Gasteiger partial charge is 0.273 e. The first-order chi connectivity index (χ1) is 6.18. The summed E-state index contributed by atoms with van der Waals surface area (Å²) < 4.78 is 0. The van der Waals surface area contributed by atoms with Crippen LogP contribution in [0.3, 0.4) is 0 Å². The predicted molar refractivity (Wildman–Crippen MR) is 53.0 cm³/mol. The van der Waals surface area contributed by atoms with Crippen LogP contribution in [0.1, 0.15) is 26.2 Å². The van der Waals surface area contributed by atoms with E-state index in [9.17, 15) is 4.79 Å². The summed E-state index contributed by atoms with van der Waals surface area (Å²) in [5.41, 5.74) is 2.74. The first-order valence-corrected chi connectivity index (χ1v) is 4.37. The summed E-state index contributed by atoms with van der Waals surface area (Å²) in [5, 5.41) is 0. The summed E-state index contributed by atoms with van der Waals surface area (Å²) in [5.74, 6) is -0.260. The molecular weight excluding hydrogens is 166 g/mol. The second-order valence-electron chi connectivity index (χ2n) is 2.84. The minimum atomic E-state index is -0.260. The lowest BCUT2D eigenvalue weighted by atomic mass is 10.2. The number of amides is 1. The van der Waals surface area contributed by atoms with Gasteiger partial charge in [0.2, 0.25) is 0 Å². The Morgan fingerprint density at radius 3 is 2.77 bits per heavy atom. The smallest absolute Gasteiger partial charge is 0.269 e. The van der Waals surface area contributed by atoms with Gasteiger partial charge in [0, 0.05) is 5.57 Å². The van der Waals surface area contributed by atoms with Gasteiger partial charge in [-0.2, -0.15) is 0 Å². The third-order valence-corrected chi connectivity index (χ3v) is 1.46. The van der Waals surface area contributed by atoms with Gasteiger partial charge in [0.25, 0.3) is 5.91 Å². The van der Waals surface area contributed by atoms with Gasteiger partial charge in [-0.1, -0.05) is 12.7 Å². The highest BCUT2D eigenvalue weighted by Gasteiger charge is 1.99. The molecule has 3 nitrogen and oxygen atoms in total. The molecule has 0 aromatic carbocycles. The highest BCUT2D eigenvalue weighted by Crippen LogP contribution is 1.95. The molecule has 0 aliphatic carbocycles. The average molecular weight is 183 g/mol. The molecule has 0 aliphatic rings. The van der Waals surface area contributed by atoms with Crippen molar-refractivity contribution in [3.05, 3.63) is 24.8 Å². The van der Waals surface area contributed by atoms with Gasteiger partial charge in [0.1, 0.15) is 0 Å². The molecule has 0 fully saturated rings. The van der Waals surface area contributed by atoms with Crippen molar-refractivity contribution in [1.82, 2.24) is 5.48 Å². The number of carbonyl (C=O) groups excluding carboxylic acids is 1. The zero-order chi connectivity index (χ0) is 10.1. The van der Waals surface area contributed by atoms with Crippen LogP contribution in [0.25, 0.3) is 0 Å². The van der Waals surface area contributed by atoms with E-state index >= 15 is 0 Å². The minimum Gasteiger partial charge on any atom is -0.273 e. The fourth-order valence-electron chi connectivity index (χ4n) is 0.667. The van der Waals surface area contributed by atoms with E-state index in [0.29, 0.717) is 12.2 Å². The molecule has 74 valence electrons. The number of hydroxylamine groups is 1. The molecular formula is C10H17NO2. The van der Waals surface area contributed by atoms with Crippen molar-refractivity contribution in [2.45, 2.75) is 26.2 Å². The molecule has 0 bridgehead atoms. The molecule has 0 heterocycles. The van der Waals surface area contributed by atoms with Crippen molar-refractivity contribution in [3.63, 3.8) is 0 Å². The first kappa shape index (κ1) is 11.9. The number of unbranched alkanes of at least 4 members (excludes halogenated alkanes) is 2. The van der Waals surface area contributed by atoms with E-state index in [-0.39, 0.29) is 5.91 Å². The Balaban J connectivity index is 3.21.